The van der Waals surface area contributed by atoms with Gasteiger partial charge in [-0.25, -0.2) is 0 Å². The minimum absolute atomic E-state index is 0.0446. The quantitative estimate of drug-likeness (QED) is 0.102. The Bertz CT molecular complexity index is 4040. The van der Waals surface area contributed by atoms with Crippen LogP contribution in [0, 0.1) is 134 Å². The van der Waals surface area contributed by atoms with Gasteiger partial charge in [0.25, 0.3) is 0 Å². The van der Waals surface area contributed by atoms with E-state index in [0.29, 0.717) is 103 Å². The monoisotopic (exact) mass is 1440 g/mol. The molecular weight excluding hydrogens is 1300 g/mol. The first kappa shape index (κ1) is 75.4. The van der Waals surface area contributed by atoms with E-state index in [0.717, 1.165) is 70.6 Å². The van der Waals surface area contributed by atoms with Gasteiger partial charge in [0.1, 0.15) is 5.82 Å². The van der Waals surface area contributed by atoms with Gasteiger partial charge in [-0.2, -0.15) is 10.2 Å². The summed E-state index contributed by atoms with van der Waals surface area (Å²) in [6.45, 7) is 65.7. The van der Waals surface area contributed by atoms with Gasteiger partial charge in [-0.15, -0.1) is 0 Å². The highest BCUT2D eigenvalue weighted by Crippen LogP contribution is 2.81. The Morgan fingerprint density at radius 1 is 0.406 bits per heavy atom. The largest absolute Gasteiger partial charge is 0.512 e. The van der Waals surface area contributed by atoms with Crippen molar-refractivity contribution in [1.82, 2.24) is 25.4 Å². The lowest BCUT2D eigenvalue weighted by molar-refractivity contribution is -0.159. The fourth-order valence-electron chi connectivity index (χ4n) is 33.6. The summed E-state index contributed by atoms with van der Waals surface area (Å²) < 4.78 is 0. The fourth-order valence-corrected chi connectivity index (χ4v) is 33.6. The van der Waals surface area contributed by atoms with Gasteiger partial charge in [-0.05, 0) is 309 Å². The molecule has 7 unspecified atom stereocenters. The number of allylic oxidation sites excluding steroid dienone is 9. The van der Waals surface area contributed by atoms with E-state index in [1.807, 2.05) is 0 Å². The number of H-pyrrole nitrogens is 3. The molecule has 0 aromatic carbocycles. The molecule has 0 spiro atoms. The highest BCUT2D eigenvalue weighted by molar-refractivity contribution is 5.50. The molecule has 0 amide bonds. The van der Waals surface area contributed by atoms with Crippen LogP contribution in [0.1, 0.15) is 333 Å². The Morgan fingerprint density at radius 3 is 1.12 bits per heavy atom. The number of nitrogens with one attached hydrogen (secondary N) is 3. The molecule has 15 aliphatic carbocycles. The number of rotatable bonds is 3. The molecule has 582 valence electrons. The molecule has 9 fully saturated rings. The number of nitrogen functional groups attached to an aromatic ring is 1. The van der Waals surface area contributed by atoms with Crippen LogP contribution < -0.4 is 5.73 Å². The SMILES string of the molecule is C=C(O)[C@]12CCC(C)(C)CC1C1=CCC3[C@@]4(C)Cc5cc[nH]c5C(C)(C)C4CC[C@@]3(C)[C@]1(C)CC2.C=C(O)[C@]12CCC(C)(C)CC1C1=CCC3[C@@]4(C)Cc5cn[nH]c5C(C)(C)C4CC[C@@]3(C)[C@]1(C)CC2.C=C(O)[C@]12CCC(C)(C)C[C@H]1C1=CCC3[C@@]4(C)Cc5c(N)n[nH]c5C(C)(C)[C@@H]4CC[C@@]3(C)[C@]1(C)CC2. The van der Waals surface area contributed by atoms with Crippen LogP contribution in [0.25, 0.3) is 0 Å². The number of hydrogen-bond acceptors (Lipinski definition) is 6. The zero-order valence-corrected chi connectivity index (χ0v) is 70.7. The number of aliphatic hydroxyl groups excluding tert-OH is 3. The average molecular weight is 1440 g/mol. The van der Waals surface area contributed by atoms with Gasteiger partial charge in [0.2, 0.25) is 0 Å². The predicted molar refractivity (Wildman–Crippen MR) is 436 cm³/mol. The topological polar surface area (TPSA) is 160 Å². The molecular formula is C97H146N6O3. The molecule has 0 bridgehead atoms. The summed E-state index contributed by atoms with van der Waals surface area (Å²) in [6, 6.07) is 2.36. The number of aromatic amines is 3. The lowest BCUT2D eigenvalue weighted by Crippen LogP contribution is -2.64. The Balaban J connectivity index is 0.000000122. The van der Waals surface area contributed by atoms with Crippen LogP contribution in [0.3, 0.4) is 0 Å². The van der Waals surface area contributed by atoms with Crippen molar-refractivity contribution in [2.24, 2.45) is 134 Å². The number of hydrogen-bond donors (Lipinski definition) is 7. The van der Waals surface area contributed by atoms with Gasteiger partial charge in [0.15, 0.2) is 0 Å². The summed E-state index contributed by atoms with van der Waals surface area (Å²) in [7, 11) is 0. The lowest BCUT2D eigenvalue weighted by Gasteiger charge is -2.71. The number of aromatic nitrogens is 5. The molecule has 0 saturated heterocycles. The molecule has 106 heavy (non-hydrogen) atoms. The van der Waals surface area contributed by atoms with E-state index in [1.54, 1.807) is 22.3 Å². The normalized spacial score (nSPS) is 47.0. The van der Waals surface area contributed by atoms with Gasteiger partial charge in [-0.3, -0.25) is 10.2 Å². The molecule has 9 nitrogen and oxygen atoms in total. The minimum atomic E-state index is -0.127. The maximum absolute atomic E-state index is 11.0. The first-order chi connectivity index (χ1) is 49.1. The van der Waals surface area contributed by atoms with Crippen molar-refractivity contribution in [3.05, 3.63) is 124 Å². The van der Waals surface area contributed by atoms with Gasteiger partial charge in [-0.1, -0.05) is 200 Å². The molecule has 18 rings (SSSR count). The summed E-state index contributed by atoms with van der Waals surface area (Å²) in [5.74, 6) is 7.38. The van der Waals surface area contributed by atoms with Crippen molar-refractivity contribution in [3.8, 4) is 0 Å². The van der Waals surface area contributed by atoms with E-state index in [1.165, 1.54) is 131 Å². The number of aliphatic hydroxyl groups is 3. The van der Waals surface area contributed by atoms with Gasteiger partial charge < -0.3 is 26.0 Å². The summed E-state index contributed by atoms with van der Waals surface area (Å²) in [5.41, 5.74) is 23.1. The Hall–Kier alpha value is -4.66. The summed E-state index contributed by atoms with van der Waals surface area (Å²) >= 11 is 0. The Morgan fingerprint density at radius 2 is 0.745 bits per heavy atom. The van der Waals surface area contributed by atoms with E-state index in [-0.39, 0.29) is 70.4 Å². The third kappa shape index (κ3) is 9.60. The molecule has 3 aromatic rings. The average Bonchev–Trinajstić information content (AvgIpc) is 0.939. The van der Waals surface area contributed by atoms with E-state index >= 15 is 0 Å². The number of nitrogens with two attached hydrogens (primary N) is 1. The van der Waals surface area contributed by atoms with Gasteiger partial charge in [0, 0.05) is 61.3 Å². The predicted octanol–water partition coefficient (Wildman–Crippen LogP) is 25.1. The van der Waals surface area contributed by atoms with Crippen molar-refractivity contribution in [3.63, 3.8) is 0 Å². The summed E-state index contributed by atoms with van der Waals surface area (Å²) in [6.07, 6.45) is 44.3. The molecule has 21 atom stereocenters. The molecule has 0 aliphatic heterocycles. The third-order valence-corrected chi connectivity index (χ3v) is 40.1. The highest BCUT2D eigenvalue weighted by atomic mass is 16.3. The first-order valence-corrected chi connectivity index (χ1v) is 43.3. The summed E-state index contributed by atoms with van der Waals surface area (Å²) in [4.78, 5) is 3.64. The number of nitrogens with zero attached hydrogens (tertiary/aromatic N) is 2. The maximum atomic E-state index is 11.0. The van der Waals surface area contributed by atoms with Crippen LogP contribution in [0.15, 0.2) is 90.4 Å². The van der Waals surface area contributed by atoms with Crippen molar-refractivity contribution >= 4 is 5.82 Å². The Kier molecular flexibility index (Phi) is 16.4. The van der Waals surface area contributed by atoms with Crippen LogP contribution in [0.2, 0.25) is 0 Å². The molecule has 15 aliphatic rings. The zero-order chi connectivity index (χ0) is 76.6. The molecule has 3 aromatic heterocycles. The minimum Gasteiger partial charge on any atom is -0.512 e. The van der Waals surface area contributed by atoms with E-state index in [2.05, 4.69) is 227 Å². The highest BCUT2D eigenvalue weighted by Gasteiger charge is 2.73. The first-order valence-electron chi connectivity index (χ1n) is 43.3. The molecule has 9 saturated carbocycles. The van der Waals surface area contributed by atoms with Gasteiger partial charge in [0.05, 0.1) is 23.5 Å². The van der Waals surface area contributed by atoms with Crippen molar-refractivity contribution in [1.29, 1.82) is 0 Å². The second-order valence-electron chi connectivity index (χ2n) is 46.8. The maximum Gasteiger partial charge on any atom is 0.148 e. The van der Waals surface area contributed by atoms with Crippen molar-refractivity contribution < 1.29 is 15.3 Å². The van der Waals surface area contributed by atoms with Crippen molar-refractivity contribution in [2.75, 3.05) is 5.73 Å². The smallest absolute Gasteiger partial charge is 0.148 e. The van der Waals surface area contributed by atoms with Crippen LogP contribution >= 0.6 is 0 Å². The van der Waals surface area contributed by atoms with E-state index in [4.69, 9.17) is 5.73 Å². The molecule has 8 N–H and O–H groups in total. The Labute approximate surface area is 642 Å². The second kappa shape index (κ2) is 23.0. The van der Waals surface area contributed by atoms with Crippen LogP contribution in [0.5, 0.6) is 0 Å². The standard InChI is InChI=1S/C33H49NO.C32H49N3O.C32H48N2O/c1-21(35)33-16-14-28(2,3)20-24(33)23-9-10-26-30(6)19-22-12-18-34-27(22)29(4,5)25(30)11-13-32(26,8)31(23,7)15-17-33;1-19(36)32-15-13-27(2,3)18-22(32)21-9-10-24-29(6)17-20-25(34-35-26(20)33)28(4,5)23(29)11-12-31(24,8)30(21,7)14-16-32;1-20(35)32-15-13-27(2,3)18-23(32)22-9-10-25-29(6)17-21-19-33-34-26(21)28(4,5)24(29)11-12-31(25,8)30(22,7)14-16-32/h9,12,18,24-26,34-35H,1,10-11,13-17,19-20H2,2-8H3;9,22-24,36H,1,10-18H2,2-8H3,(H3,33,34,35);9,19,23-25,35H,1,10-18H2,2-8H3,(H,33,34)/t24?,25?,26?,30-,31+,32+,33+;22-,23-,24?,29-,30+,31+,32+;23?,24?,25?,29-,30+,31+,32+/m000/s1. The second-order valence-corrected chi connectivity index (χ2v) is 46.8. The molecule has 0 radical (unpaired) electrons. The van der Waals surface area contributed by atoms with Crippen molar-refractivity contribution in [2.45, 2.75) is 335 Å². The van der Waals surface area contributed by atoms with Crippen LogP contribution in [-0.2, 0) is 35.5 Å². The zero-order valence-electron chi connectivity index (χ0n) is 70.7. The summed E-state index contributed by atoms with van der Waals surface area (Å²) in [5, 5.41) is 48.7. The third-order valence-electron chi connectivity index (χ3n) is 40.1. The molecule has 9 heteroatoms. The van der Waals surface area contributed by atoms with Crippen LogP contribution in [-0.4, -0.2) is 40.7 Å². The number of fused-ring (bicyclic) bond motifs is 24. The van der Waals surface area contributed by atoms with E-state index < -0.39 is 0 Å². The van der Waals surface area contributed by atoms with Crippen LogP contribution in [0.4, 0.5) is 5.82 Å². The van der Waals surface area contributed by atoms with Gasteiger partial charge >= 0.3 is 0 Å². The number of anilines is 1. The fraction of sp³-hybridized carbons (Fsp3) is 0.773. The lowest BCUT2D eigenvalue weighted by atomic mass is 9.33. The van der Waals surface area contributed by atoms with E-state index in [9.17, 15) is 15.3 Å². The molecule has 3 heterocycles.